The topological polar surface area (TPSA) is 52.3 Å². The maximum atomic E-state index is 11.8. The van der Waals surface area contributed by atoms with E-state index in [0.29, 0.717) is 29.5 Å². The third kappa shape index (κ3) is 2.63. The van der Waals surface area contributed by atoms with Crippen molar-refractivity contribution in [2.75, 3.05) is 6.61 Å². The largest absolute Gasteiger partial charge is 0.466 e. The summed E-state index contributed by atoms with van der Waals surface area (Å²) in [5, 5.41) is 0.993. The Bertz CT molecular complexity index is 476. The number of esters is 1. The lowest BCUT2D eigenvalue weighted by molar-refractivity contribution is -0.148. The number of hydrogen-bond donors (Lipinski definition) is 1. The van der Waals surface area contributed by atoms with E-state index >= 15 is 0 Å². The molecule has 18 heavy (non-hydrogen) atoms. The molecule has 0 saturated carbocycles. The van der Waals surface area contributed by atoms with Crippen LogP contribution < -0.4 is 5.73 Å². The molecule has 0 heterocycles. The van der Waals surface area contributed by atoms with Gasteiger partial charge in [0.05, 0.1) is 22.6 Å². The Balaban J connectivity index is 2.28. The Hall–Kier alpha value is -0.770. The predicted octanol–water partition coefficient (Wildman–Crippen LogP) is 3.12. The summed E-state index contributed by atoms with van der Waals surface area (Å²) in [4.78, 5) is 11.8. The van der Waals surface area contributed by atoms with Crippen molar-refractivity contribution in [2.24, 2.45) is 11.7 Å². The lowest BCUT2D eigenvalue weighted by Gasteiger charge is -2.28. The molecule has 1 aromatic carbocycles. The van der Waals surface area contributed by atoms with Crippen LogP contribution in [-0.2, 0) is 16.0 Å². The van der Waals surface area contributed by atoms with E-state index in [2.05, 4.69) is 0 Å². The lowest BCUT2D eigenvalue weighted by Crippen LogP contribution is -2.30. The van der Waals surface area contributed by atoms with E-state index in [0.717, 1.165) is 11.1 Å². The second-order valence-electron chi connectivity index (χ2n) is 4.46. The SMILES string of the molecule is CCOC(=O)[C@@H]1Cc2cc(Cl)c(Cl)cc2[C@@H](N)C1. The van der Waals surface area contributed by atoms with Gasteiger partial charge >= 0.3 is 5.97 Å². The Labute approximate surface area is 116 Å². The molecule has 1 aliphatic rings. The zero-order valence-corrected chi connectivity index (χ0v) is 11.6. The summed E-state index contributed by atoms with van der Waals surface area (Å²) in [5.74, 6) is -0.380. The van der Waals surface area contributed by atoms with Crippen LogP contribution in [0.5, 0.6) is 0 Å². The number of hydrogen-bond acceptors (Lipinski definition) is 3. The second kappa shape index (κ2) is 5.47. The molecular formula is C13H15Cl2NO2. The van der Waals surface area contributed by atoms with Crippen LogP contribution in [0.4, 0.5) is 0 Å². The Morgan fingerprint density at radius 3 is 2.78 bits per heavy atom. The number of fused-ring (bicyclic) bond motifs is 1. The summed E-state index contributed by atoms with van der Waals surface area (Å²) in [6.45, 7) is 2.18. The van der Waals surface area contributed by atoms with E-state index in [1.54, 1.807) is 19.1 Å². The van der Waals surface area contributed by atoms with E-state index in [4.69, 9.17) is 33.7 Å². The minimum Gasteiger partial charge on any atom is -0.466 e. The van der Waals surface area contributed by atoms with Gasteiger partial charge in [-0.2, -0.15) is 0 Å². The molecule has 0 unspecified atom stereocenters. The summed E-state index contributed by atoms with van der Waals surface area (Å²) in [6.07, 6.45) is 1.20. The second-order valence-corrected chi connectivity index (χ2v) is 5.27. The third-order valence-corrected chi connectivity index (χ3v) is 3.93. The van der Waals surface area contributed by atoms with Gasteiger partial charge in [-0.25, -0.2) is 0 Å². The first kappa shape index (κ1) is 13.7. The number of ether oxygens (including phenoxy) is 1. The molecule has 2 atom stereocenters. The highest BCUT2D eigenvalue weighted by molar-refractivity contribution is 6.42. The Kier molecular flexibility index (Phi) is 4.15. The van der Waals surface area contributed by atoms with Crippen LogP contribution in [0.15, 0.2) is 12.1 Å². The number of benzene rings is 1. The molecule has 1 aromatic rings. The standard InChI is InChI=1S/C13H15Cl2NO2/c1-2-18-13(17)8-3-7-4-10(14)11(15)6-9(7)12(16)5-8/h4,6,8,12H,2-3,5,16H2,1H3/t8-,12+/m1/s1. The highest BCUT2D eigenvalue weighted by atomic mass is 35.5. The van der Waals surface area contributed by atoms with Gasteiger partial charge in [-0.3, -0.25) is 4.79 Å². The summed E-state index contributed by atoms with van der Waals surface area (Å²) in [6, 6.07) is 3.40. The molecule has 0 aliphatic heterocycles. The van der Waals surface area contributed by atoms with Crippen LogP contribution >= 0.6 is 23.2 Å². The van der Waals surface area contributed by atoms with E-state index in [-0.39, 0.29) is 17.9 Å². The molecule has 0 saturated heterocycles. The average Bonchev–Trinajstić information content (AvgIpc) is 2.32. The van der Waals surface area contributed by atoms with Crippen molar-refractivity contribution in [1.82, 2.24) is 0 Å². The van der Waals surface area contributed by atoms with Crippen LogP contribution in [-0.4, -0.2) is 12.6 Å². The van der Waals surface area contributed by atoms with Gasteiger partial charge in [0.2, 0.25) is 0 Å². The monoisotopic (exact) mass is 287 g/mol. The van der Waals surface area contributed by atoms with Crippen LogP contribution in [0.1, 0.15) is 30.5 Å². The zero-order valence-electron chi connectivity index (χ0n) is 10.1. The number of halogens is 2. The van der Waals surface area contributed by atoms with Crippen LogP contribution in [0.3, 0.4) is 0 Å². The van der Waals surface area contributed by atoms with Gasteiger partial charge in [-0.1, -0.05) is 23.2 Å². The number of carbonyl (C=O) groups is 1. The molecule has 2 rings (SSSR count). The molecular weight excluding hydrogens is 273 g/mol. The fraction of sp³-hybridized carbons (Fsp3) is 0.462. The molecule has 1 aliphatic carbocycles. The van der Waals surface area contributed by atoms with Crippen LogP contribution in [0.25, 0.3) is 0 Å². The number of nitrogens with two attached hydrogens (primary N) is 1. The summed E-state index contributed by atoms with van der Waals surface area (Å²) < 4.78 is 5.05. The quantitative estimate of drug-likeness (QED) is 0.851. The van der Waals surface area contributed by atoms with Crippen LogP contribution in [0.2, 0.25) is 10.0 Å². The number of rotatable bonds is 2. The predicted molar refractivity (Wildman–Crippen MR) is 71.8 cm³/mol. The van der Waals surface area contributed by atoms with Gasteiger partial charge in [-0.15, -0.1) is 0 Å². The Morgan fingerprint density at radius 2 is 2.11 bits per heavy atom. The van der Waals surface area contributed by atoms with Gasteiger partial charge in [0.25, 0.3) is 0 Å². The third-order valence-electron chi connectivity index (χ3n) is 3.21. The molecule has 98 valence electrons. The normalized spacial score (nSPS) is 22.4. The zero-order chi connectivity index (χ0) is 13.3. The lowest BCUT2D eigenvalue weighted by atomic mass is 9.81. The van der Waals surface area contributed by atoms with E-state index in [1.165, 1.54) is 0 Å². The molecule has 0 amide bonds. The van der Waals surface area contributed by atoms with E-state index in [1.807, 2.05) is 0 Å². The molecule has 0 radical (unpaired) electrons. The average molecular weight is 288 g/mol. The molecule has 0 spiro atoms. The minimum absolute atomic E-state index is 0.190. The van der Waals surface area contributed by atoms with Crippen LogP contribution in [0, 0.1) is 5.92 Å². The Morgan fingerprint density at radius 1 is 1.44 bits per heavy atom. The minimum atomic E-state index is -0.196. The summed E-state index contributed by atoms with van der Waals surface area (Å²) in [7, 11) is 0. The fourth-order valence-electron chi connectivity index (χ4n) is 2.35. The summed E-state index contributed by atoms with van der Waals surface area (Å²) in [5.41, 5.74) is 8.04. The first-order valence-electron chi connectivity index (χ1n) is 5.93. The van der Waals surface area contributed by atoms with Gasteiger partial charge in [0, 0.05) is 6.04 Å². The summed E-state index contributed by atoms with van der Waals surface area (Å²) >= 11 is 12.0. The first-order chi connectivity index (χ1) is 8.52. The van der Waals surface area contributed by atoms with Gasteiger partial charge in [-0.05, 0) is 43.0 Å². The van der Waals surface area contributed by atoms with Crippen molar-refractivity contribution < 1.29 is 9.53 Å². The molecule has 5 heteroatoms. The van der Waals surface area contributed by atoms with Gasteiger partial charge < -0.3 is 10.5 Å². The molecule has 2 N–H and O–H groups in total. The van der Waals surface area contributed by atoms with Gasteiger partial charge in [0.15, 0.2) is 0 Å². The van der Waals surface area contributed by atoms with Crippen molar-refractivity contribution in [1.29, 1.82) is 0 Å². The van der Waals surface area contributed by atoms with E-state index in [9.17, 15) is 4.79 Å². The maximum absolute atomic E-state index is 11.8. The molecule has 3 nitrogen and oxygen atoms in total. The fourth-order valence-corrected chi connectivity index (χ4v) is 2.71. The van der Waals surface area contributed by atoms with E-state index < -0.39 is 0 Å². The van der Waals surface area contributed by atoms with Crippen molar-refractivity contribution in [3.05, 3.63) is 33.3 Å². The molecule has 0 bridgehead atoms. The maximum Gasteiger partial charge on any atom is 0.309 e. The van der Waals surface area contributed by atoms with Crippen molar-refractivity contribution in [3.63, 3.8) is 0 Å². The molecule has 0 aromatic heterocycles. The first-order valence-corrected chi connectivity index (χ1v) is 6.68. The highest BCUT2D eigenvalue weighted by Gasteiger charge is 2.30. The van der Waals surface area contributed by atoms with Crippen molar-refractivity contribution in [2.45, 2.75) is 25.8 Å². The molecule has 0 fully saturated rings. The van der Waals surface area contributed by atoms with Crippen molar-refractivity contribution >= 4 is 29.2 Å². The smallest absolute Gasteiger partial charge is 0.309 e. The van der Waals surface area contributed by atoms with Crippen molar-refractivity contribution in [3.8, 4) is 0 Å². The van der Waals surface area contributed by atoms with Gasteiger partial charge in [0.1, 0.15) is 0 Å². The number of carbonyl (C=O) groups excluding carboxylic acids is 1. The highest BCUT2D eigenvalue weighted by Crippen LogP contribution is 2.36.